The molecule has 0 N–H and O–H groups in total. The predicted molar refractivity (Wildman–Crippen MR) is 73.2 cm³/mol. The van der Waals surface area contributed by atoms with Crippen molar-refractivity contribution in [3.05, 3.63) is 42.0 Å². The monoisotopic (exact) mass is 238 g/mol. The quantitative estimate of drug-likeness (QED) is 0.609. The van der Waals surface area contributed by atoms with Gasteiger partial charge in [0, 0.05) is 5.71 Å². The molecule has 0 atom stereocenters. The van der Waals surface area contributed by atoms with E-state index in [4.69, 9.17) is 10.00 Å². The van der Waals surface area contributed by atoms with Crippen molar-refractivity contribution in [3.63, 3.8) is 0 Å². The Labute approximate surface area is 106 Å². The molecule has 0 amide bonds. The molecule has 0 spiro atoms. The van der Waals surface area contributed by atoms with Gasteiger partial charge in [-0.05, 0) is 41.5 Å². The minimum Gasteiger partial charge on any atom is -0.497 e. The van der Waals surface area contributed by atoms with E-state index in [0.717, 1.165) is 27.8 Å². The van der Waals surface area contributed by atoms with E-state index in [0.29, 0.717) is 0 Å². The first-order chi connectivity index (χ1) is 8.74. The molecule has 0 aliphatic rings. The van der Waals surface area contributed by atoms with Gasteiger partial charge in [-0.2, -0.15) is 5.26 Å². The van der Waals surface area contributed by atoms with Crippen molar-refractivity contribution >= 4 is 16.5 Å². The van der Waals surface area contributed by atoms with Gasteiger partial charge in [0.15, 0.2) is 0 Å². The molecule has 0 unspecified atom stereocenters. The fourth-order valence-corrected chi connectivity index (χ4v) is 1.82. The second-order valence-electron chi connectivity index (χ2n) is 3.99. The normalized spacial score (nSPS) is 11.3. The first kappa shape index (κ1) is 12.1. The Hall–Kier alpha value is -2.34. The van der Waals surface area contributed by atoms with Gasteiger partial charge in [0.1, 0.15) is 12.3 Å². The summed E-state index contributed by atoms with van der Waals surface area (Å²) in [5.41, 5.74) is 1.93. The van der Waals surface area contributed by atoms with Crippen LogP contribution in [0.2, 0.25) is 0 Å². The molecule has 3 heteroatoms. The molecular formula is C15H14N2O. The molecule has 0 aliphatic heterocycles. The van der Waals surface area contributed by atoms with E-state index >= 15 is 0 Å². The third-order valence-electron chi connectivity index (χ3n) is 2.85. The molecule has 2 aromatic rings. The van der Waals surface area contributed by atoms with Gasteiger partial charge in [-0.15, -0.1) is 0 Å². The third-order valence-corrected chi connectivity index (χ3v) is 2.85. The molecule has 0 aliphatic carbocycles. The van der Waals surface area contributed by atoms with Gasteiger partial charge in [-0.1, -0.05) is 18.2 Å². The van der Waals surface area contributed by atoms with Crippen molar-refractivity contribution in [2.24, 2.45) is 4.99 Å². The van der Waals surface area contributed by atoms with Crippen LogP contribution in [-0.4, -0.2) is 19.4 Å². The molecule has 0 fully saturated rings. The Balaban J connectivity index is 2.42. The fourth-order valence-electron chi connectivity index (χ4n) is 1.82. The molecular weight excluding hydrogens is 224 g/mol. The van der Waals surface area contributed by atoms with E-state index in [1.54, 1.807) is 7.11 Å². The van der Waals surface area contributed by atoms with Crippen molar-refractivity contribution in [3.8, 4) is 11.8 Å². The summed E-state index contributed by atoms with van der Waals surface area (Å²) >= 11 is 0. The molecule has 2 rings (SSSR count). The molecule has 90 valence electrons. The molecule has 0 saturated carbocycles. The van der Waals surface area contributed by atoms with E-state index in [1.807, 2.05) is 43.3 Å². The number of fused-ring (bicyclic) bond motifs is 1. The highest BCUT2D eigenvalue weighted by molar-refractivity contribution is 6.02. The summed E-state index contributed by atoms with van der Waals surface area (Å²) in [5.74, 6) is 0.852. The zero-order valence-corrected chi connectivity index (χ0v) is 10.5. The minimum atomic E-state index is 0.201. The number of aliphatic imine (C=N–C) groups is 1. The second kappa shape index (κ2) is 5.33. The molecule has 2 aromatic carbocycles. The standard InChI is InChI=1S/C15H14N2O/c1-11(17-8-7-16)12-3-4-14-10-15(18-2)6-5-13(14)9-12/h3-6,9-10H,8H2,1-2H3. The van der Waals surface area contributed by atoms with Crippen LogP contribution in [0.5, 0.6) is 5.75 Å². The fraction of sp³-hybridized carbons (Fsp3) is 0.200. The Kier molecular flexibility index (Phi) is 3.59. The van der Waals surface area contributed by atoms with Gasteiger partial charge in [-0.25, -0.2) is 0 Å². The number of nitriles is 1. The van der Waals surface area contributed by atoms with Crippen LogP contribution < -0.4 is 4.74 Å². The topological polar surface area (TPSA) is 45.4 Å². The van der Waals surface area contributed by atoms with Crippen LogP contribution in [0, 0.1) is 11.3 Å². The van der Waals surface area contributed by atoms with Crippen molar-refractivity contribution in [1.29, 1.82) is 5.26 Å². The van der Waals surface area contributed by atoms with Crippen LogP contribution in [0.3, 0.4) is 0 Å². The number of nitrogens with zero attached hydrogens (tertiary/aromatic N) is 2. The zero-order chi connectivity index (χ0) is 13.0. The largest absolute Gasteiger partial charge is 0.497 e. The highest BCUT2D eigenvalue weighted by Crippen LogP contribution is 2.22. The van der Waals surface area contributed by atoms with E-state index in [9.17, 15) is 0 Å². The maximum Gasteiger partial charge on any atom is 0.126 e. The Morgan fingerprint density at radius 1 is 1.22 bits per heavy atom. The highest BCUT2D eigenvalue weighted by atomic mass is 16.5. The maximum atomic E-state index is 8.52. The number of ether oxygens (including phenoxy) is 1. The molecule has 0 radical (unpaired) electrons. The lowest BCUT2D eigenvalue weighted by molar-refractivity contribution is 0.415. The van der Waals surface area contributed by atoms with Crippen LogP contribution in [-0.2, 0) is 0 Å². The van der Waals surface area contributed by atoms with Gasteiger partial charge in [0.25, 0.3) is 0 Å². The van der Waals surface area contributed by atoms with Gasteiger partial charge >= 0.3 is 0 Å². The average Bonchev–Trinajstić information content (AvgIpc) is 2.43. The van der Waals surface area contributed by atoms with Gasteiger partial charge in [0.2, 0.25) is 0 Å². The van der Waals surface area contributed by atoms with Crippen molar-refractivity contribution in [2.45, 2.75) is 6.92 Å². The molecule has 0 saturated heterocycles. The number of benzene rings is 2. The van der Waals surface area contributed by atoms with E-state index < -0.39 is 0 Å². The average molecular weight is 238 g/mol. The number of methoxy groups -OCH3 is 1. The Morgan fingerprint density at radius 3 is 2.67 bits per heavy atom. The van der Waals surface area contributed by atoms with Gasteiger partial charge in [0.05, 0.1) is 13.2 Å². The molecule has 0 aromatic heterocycles. The van der Waals surface area contributed by atoms with Crippen LogP contribution in [0.25, 0.3) is 10.8 Å². The van der Waals surface area contributed by atoms with E-state index in [-0.39, 0.29) is 6.54 Å². The molecule has 3 nitrogen and oxygen atoms in total. The van der Waals surface area contributed by atoms with Crippen LogP contribution in [0.15, 0.2) is 41.4 Å². The van der Waals surface area contributed by atoms with Crippen molar-refractivity contribution < 1.29 is 4.74 Å². The number of hydrogen-bond acceptors (Lipinski definition) is 3. The van der Waals surface area contributed by atoms with Gasteiger partial charge < -0.3 is 4.74 Å². The number of hydrogen-bond donors (Lipinski definition) is 0. The van der Waals surface area contributed by atoms with Crippen LogP contribution >= 0.6 is 0 Å². The van der Waals surface area contributed by atoms with Crippen molar-refractivity contribution in [2.75, 3.05) is 13.7 Å². The predicted octanol–water partition coefficient (Wildman–Crippen LogP) is 3.18. The minimum absolute atomic E-state index is 0.201. The lowest BCUT2D eigenvalue weighted by atomic mass is 10.0. The highest BCUT2D eigenvalue weighted by Gasteiger charge is 2.01. The second-order valence-corrected chi connectivity index (χ2v) is 3.99. The molecule has 0 heterocycles. The van der Waals surface area contributed by atoms with E-state index in [1.165, 1.54) is 0 Å². The summed E-state index contributed by atoms with van der Waals surface area (Å²) in [5, 5.41) is 10.8. The number of rotatable bonds is 3. The first-order valence-electron chi connectivity index (χ1n) is 5.71. The summed E-state index contributed by atoms with van der Waals surface area (Å²) < 4.78 is 5.19. The lowest BCUT2D eigenvalue weighted by Crippen LogP contribution is -1.95. The zero-order valence-electron chi connectivity index (χ0n) is 10.5. The Bertz CT molecular complexity index is 638. The van der Waals surface area contributed by atoms with Crippen LogP contribution in [0.1, 0.15) is 12.5 Å². The van der Waals surface area contributed by atoms with Crippen LogP contribution in [0.4, 0.5) is 0 Å². The van der Waals surface area contributed by atoms with Gasteiger partial charge in [-0.3, -0.25) is 4.99 Å². The first-order valence-corrected chi connectivity index (χ1v) is 5.71. The van der Waals surface area contributed by atoms with Crippen molar-refractivity contribution in [1.82, 2.24) is 0 Å². The lowest BCUT2D eigenvalue weighted by Gasteiger charge is -2.05. The molecule has 18 heavy (non-hydrogen) atoms. The SMILES string of the molecule is COc1ccc2cc(C(C)=NCC#N)ccc2c1. The summed E-state index contributed by atoms with van der Waals surface area (Å²) in [6.45, 7) is 2.12. The summed E-state index contributed by atoms with van der Waals surface area (Å²) in [7, 11) is 1.66. The Morgan fingerprint density at radius 2 is 1.94 bits per heavy atom. The smallest absolute Gasteiger partial charge is 0.126 e. The summed E-state index contributed by atoms with van der Waals surface area (Å²) in [6, 6.07) is 14.1. The van der Waals surface area contributed by atoms with E-state index in [2.05, 4.69) is 11.1 Å². The summed E-state index contributed by atoms with van der Waals surface area (Å²) in [6.07, 6.45) is 0. The summed E-state index contributed by atoms with van der Waals surface area (Å²) in [4.78, 5) is 4.18. The molecule has 0 bridgehead atoms. The third kappa shape index (κ3) is 2.49. The maximum absolute atomic E-state index is 8.52.